The molecule has 0 atom stereocenters. The number of nitrogens with zero attached hydrogens (tertiary/aromatic N) is 3. The van der Waals surface area contributed by atoms with Crippen LogP contribution in [-0.4, -0.2) is 27.5 Å². The second kappa shape index (κ2) is 8.69. The van der Waals surface area contributed by atoms with Gasteiger partial charge in [-0.2, -0.15) is 5.10 Å². The zero-order valence-electron chi connectivity index (χ0n) is 16.5. The average molecular weight is 403 g/mol. The Morgan fingerprint density at radius 3 is 2.60 bits per heavy atom. The molecule has 4 rings (SSSR count). The van der Waals surface area contributed by atoms with Gasteiger partial charge in [-0.25, -0.2) is 5.43 Å². The van der Waals surface area contributed by atoms with Crippen LogP contribution in [0.4, 0.5) is 0 Å². The van der Waals surface area contributed by atoms with Crippen molar-refractivity contribution in [3.8, 4) is 0 Å². The van der Waals surface area contributed by atoms with Crippen LogP contribution in [0.2, 0.25) is 0 Å². The molecule has 2 amide bonds. The van der Waals surface area contributed by atoms with E-state index in [9.17, 15) is 9.59 Å². The van der Waals surface area contributed by atoms with Gasteiger partial charge in [0.05, 0.1) is 18.0 Å². The summed E-state index contributed by atoms with van der Waals surface area (Å²) < 4.78 is 5.87. The fourth-order valence-electron chi connectivity index (χ4n) is 3.42. The molecule has 3 aromatic heterocycles. The third kappa shape index (κ3) is 4.12. The summed E-state index contributed by atoms with van der Waals surface area (Å²) in [6.07, 6.45) is 5.46. The van der Waals surface area contributed by atoms with Crippen LogP contribution in [0.1, 0.15) is 56.5 Å². The molecular formula is C22H21N5O3. The van der Waals surface area contributed by atoms with Gasteiger partial charge in [-0.3, -0.25) is 19.6 Å². The van der Waals surface area contributed by atoms with E-state index < -0.39 is 0 Å². The normalized spacial score (nSPS) is 14.2. The Bertz CT molecular complexity index is 1090. The smallest absolute Gasteiger partial charge is 0.289 e. The van der Waals surface area contributed by atoms with Gasteiger partial charge in [0.1, 0.15) is 11.5 Å². The van der Waals surface area contributed by atoms with Gasteiger partial charge in [0.2, 0.25) is 0 Å². The van der Waals surface area contributed by atoms with Gasteiger partial charge in [-0.05, 0) is 44.0 Å². The van der Waals surface area contributed by atoms with Gasteiger partial charge in [0.15, 0.2) is 5.76 Å². The summed E-state index contributed by atoms with van der Waals surface area (Å²) in [5, 5.41) is 7.14. The van der Waals surface area contributed by atoms with E-state index >= 15 is 0 Å². The molecule has 3 heterocycles. The Morgan fingerprint density at radius 2 is 1.87 bits per heavy atom. The van der Waals surface area contributed by atoms with E-state index in [1.54, 1.807) is 30.6 Å². The second-order valence-corrected chi connectivity index (χ2v) is 6.93. The lowest BCUT2D eigenvalue weighted by Crippen LogP contribution is -2.24. The van der Waals surface area contributed by atoms with Gasteiger partial charge in [-0.1, -0.05) is 12.1 Å². The Morgan fingerprint density at radius 1 is 1.07 bits per heavy atom. The molecule has 0 saturated heterocycles. The number of hydrogen-bond donors (Lipinski definition) is 2. The molecule has 30 heavy (non-hydrogen) atoms. The molecule has 0 bridgehead atoms. The Labute approximate surface area is 173 Å². The molecule has 3 aromatic rings. The molecule has 152 valence electrons. The first-order chi connectivity index (χ1) is 14.6. The number of carbonyl (C=O) groups is 2. The van der Waals surface area contributed by atoms with Crippen LogP contribution in [0.3, 0.4) is 0 Å². The number of fused-ring (bicyclic) bond motifs is 1. The van der Waals surface area contributed by atoms with Crippen LogP contribution in [0.15, 0.2) is 58.3 Å². The van der Waals surface area contributed by atoms with E-state index in [2.05, 4.69) is 25.8 Å². The number of rotatable bonds is 5. The quantitative estimate of drug-likeness (QED) is 0.637. The van der Waals surface area contributed by atoms with Crippen molar-refractivity contribution in [3.05, 3.63) is 82.8 Å². The molecule has 1 aliphatic rings. The molecule has 0 radical (unpaired) electrons. The molecule has 2 N–H and O–H groups in total. The summed E-state index contributed by atoms with van der Waals surface area (Å²) in [5.74, 6) is 0.295. The number of pyridine rings is 2. The van der Waals surface area contributed by atoms with E-state index in [-0.39, 0.29) is 23.3 Å². The molecule has 0 unspecified atom stereocenters. The molecule has 0 fully saturated rings. The molecule has 8 heteroatoms. The van der Waals surface area contributed by atoms with Crippen molar-refractivity contribution < 1.29 is 14.0 Å². The molecule has 0 spiro atoms. The fraction of sp³-hybridized carbons (Fsp3) is 0.227. The lowest BCUT2D eigenvalue weighted by molar-refractivity contribution is 0.0918. The second-order valence-electron chi connectivity index (χ2n) is 6.93. The number of hydrazone groups is 1. The number of carbonyl (C=O) groups excluding carboxylic acids is 2. The number of aryl methyl sites for hydroxylation is 1. The third-order valence-corrected chi connectivity index (χ3v) is 4.88. The van der Waals surface area contributed by atoms with Gasteiger partial charge in [0, 0.05) is 29.9 Å². The van der Waals surface area contributed by atoms with Gasteiger partial charge in [-0.15, -0.1) is 0 Å². The fourth-order valence-corrected chi connectivity index (χ4v) is 3.42. The largest absolute Gasteiger partial charge is 0.455 e. The Balaban J connectivity index is 1.51. The van der Waals surface area contributed by atoms with Crippen LogP contribution in [0, 0.1) is 6.92 Å². The van der Waals surface area contributed by atoms with E-state index in [1.165, 1.54) is 0 Å². The molecule has 1 aliphatic carbocycles. The van der Waals surface area contributed by atoms with E-state index in [1.807, 2.05) is 25.1 Å². The van der Waals surface area contributed by atoms with Gasteiger partial charge in [0.25, 0.3) is 11.8 Å². The van der Waals surface area contributed by atoms with E-state index in [4.69, 9.17) is 4.42 Å². The van der Waals surface area contributed by atoms with Crippen molar-refractivity contribution >= 4 is 17.5 Å². The third-order valence-electron chi connectivity index (χ3n) is 4.88. The SMILES string of the molecule is Cc1c(C(=O)NCc2ccccn2)oc2c1/C(=N/NC(=O)c1ccccn1)CCC2. The van der Waals surface area contributed by atoms with Crippen molar-refractivity contribution in [2.24, 2.45) is 5.10 Å². The first kappa shape index (κ1) is 19.5. The highest BCUT2D eigenvalue weighted by molar-refractivity contribution is 6.07. The minimum absolute atomic E-state index is 0.265. The lowest BCUT2D eigenvalue weighted by atomic mass is 9.93. The van der Waals surface area contributed by atoms with Crippen LogP contribution in [0.25, 0.3) is 0 Å². The first-order valence-corrected chi connectivity index (χ1v) is 9.72. The van der Waals surface area contributed by atoms with Crippen molar-refractivity contribution in [1.82, 2.24) is 20.7 Å². The van der Waals surface area contributed by atoms with Crippen LogP contribution in [-0.2, 0) is 13.0 Å². The number of hydrogen-bond acceptors (Lipinski definition) is 6. The Kier molecular flexibility index (Phi) is 5.65. The minimum atomic E-state index is -0.385. The van der Waals surface area contributed by atoms with Crippen molar-refractivity contribution in [2.45, 2.75) is 32.7 Å². The Hall–Kier alpha value is -3.81. The molecule has 0 aliphatic heterocycles. The molecule has 0 saturated carbocycles. The summed E-state index contributed by atoms with van der Waals surface area (Å²) >= 11 is 0. The summed E-state index contributed by atoms with van der Waals surface area (Å²) in [6.45, 7) is 2.14. The standard InChI is InChI=1S/C22H21N5O3/c1-14-19-16(26-27-21(28)17-8-3-5-12-24-17)9-6-10-18(19)30-20(14)22(29)25-13-15-7-2-4-11-23-15/h2-5,7-8,11-12H,6,9-10,13H2,1H3,(H,25,29)(H,27,28)/b26-16+. The van der Waals surface area contributed by atoms with Crippen LogP contribution >= 0.6 is 0 Å². The highest BCUT2D eigenvalue weighted by Crippen LogP contribution is 2.29. The zero-order valence-corrected chi connectivity index (χ0v) is 16.5. The van der Waals surface area contributed by atoms with Gasteiger partial charge < -0.3 is 9.73 Å². The highest BCUT2D eigenvalue weighted by atomic mass is 16.4. The summed E-state index contributed by atoms with van der Waals surface area (Å²) in [6, 6.07) is 10.6. The number of aromatic nitrogens is 2. The van der Waals surface area contributed by atoms with Crippen molar-refractivity contribution in [1.29, 1.82) is 0 Å². The van der Waals surface area contributed by atoms with E-state index in [0.717, 1.165) is 24.1 Å². The predicted molar refractivity (Wildman–Crippen MR) is 110 cm³/mol. The maximum absolute atomic E-state index is 12.7. The average Bonchev–Trinajstić information content (AvgIpc) is 3.14. The lowest BCUT2D eigenvalue weighted by Gasteiger charge is -2.13. The van der Waals surface area contributed by atoms with E-state index in [0.29, 0.717) is 30.0 Å². The summed E-state index contributed by atoms with van der Waals surface area (Å²) in [7, 11) is 0. The predicted octanol–water partition coefficient (Wildman–Crippen LogP) is 2.78. The van der Waals surface area contributed by atoms with Gasteiger partial charge >= 0.3 is 0 Å². The molecule has 8 nitrogen and oxygen atoms in total. The minimum Gasteiger partial charge on any atom is -0.455 e. The molecule has 0 aromatic carbocycles. The van der Waals surface area contributed by atoms with Crippen molar-refractivity contribution in [3.63, 3.8) is 0 Å². The first-order valence-electron chi connectivity index (χ1n) is 9.72. The monoisotopic (exact) mass is 403 g/mol. The number of amides is 2. The number of nitrogens with one attached hydrogen (secondary N) is 2. The van der Waals surface area contributed by atoms with Crippen molar-refractivity contribution in [2.75, 3.05) is 0 Å². The zero-order chi connectivity index (χ0) is 20.9. The number of furan rings is 1. The highest BCUT2D eigenvalue weighted by Gasteiger charge is 2.28. The summed E-state index contributed by atoms with van der Waals surface area (Å²) in [4.78, 5) is 33.1. The molecular weight excluding hydrogens is 382 g/mol. The van der Waals surface area contributed by atoms with Crippen LogP contribution < -0.4 is 10.7 Å². The summed E-state index contributed by atoms with van der Waals surface area (Å²) in [5.41, 5.74) is 5.82. The maximum Gasteiger partial charge on any atom is 0.289 e. The van der Waals surface area contributed by atoms with Crippen LogP contribution in [0.5, 0.6) is 0 Å². The maximum atomic E-state index is 12.7. The topological polar surface area (TPSA) is 109 Å².